The number of piperidine rings is 1. The van der Waals surface area contributed by atoms with Gasteiger partial charge in [0.25, 0.3) is 0 Å². The molecule has 0 amide bonds. The van der Waals surface area contributed by atoms with Gasteiger partial charge in [-0.15, -0.1) is 0 Å². The van der Waals surface area contributed by atoms with E-state index in [4.69, 9.17) is 0 Å². The molecule has 1 saturated heterocycles. The van der Waals surface area contributed by atoms with Crippen LogP contribution in [0.4, 0.5) is 13.2 Å². The van der Waals surface area contributed by atoms with Gasteiger partial charge in [0, 0.05) is 31.0 Å². The number of aromatic nitrogens is 1. The molecule has 0 aliphatic carbocycles. The summed E-state index contributed by atoms with van der Waals surface area (Å²) < 4.78 is 38.7. The molecule has 1 aliphatic rings. The van der Waals surface area contributed by atoms with E-state index < -0.39 is 17.3 Å². The molecule has 6 heteroatoms. The van der Waals surface area contributed by atoms with Crippen LogP contribution >= 0.6 is 0 Å². The lowest BCUT2D eigenvalue weighted by Gasteiger charge is -2.37. The first-order valence-corrected chi connectivity index (χ1v) is 5.75. The lowest BCUT2D eigenvalue weighted by atomic mass is 9.83. The zero-order valence-corrected chi connectivity index (χ0v) is 10.0. The average Bonchev–Trinajstić information content (AvgIpc) is 2.32. The predicted molar refractivity (Wildman–Crippen MR) is 59.9 cm³/mol. The number of hydrogen-bond donors (Lipinski definition) is 1. The van der Waals surface area contributed by atoms with E-state index in [0.29, 0.717) is 13.1 Å². The van der Waals surface area contributed by atoms with E-state index in [0.717, 1.165) is 18.5 Å². The third-order valence-corrected chi connectivity index (χ3v) is 3.44. The van der Waals surface area contributed by atoms with Gasteiger partial charge in [-0.05, 0) is 26.0 Å². The van der Waals surface area contributed by atoms with Gasteiger partial charge in [0.05, 0.1) is 11.2 Å². The predicted octanol–water partition coefficient (Wildman–Crippen LogP) is 2.01. The Morgan fingerprint density at radius 2 is 1.94 bits per heavy atom. The van der Waals surface area contributed by atoms with Crippen molar-refractivity contribution in [3.05, 3.63) is 29.6 Å². The van der Waals surface area contributed by atoms with Crippen LogP contribution in [-0.2, 0) is 11.8 Å². The summed E-state index contributed by atoms with van der Waals surface area (Å²) in [6.45, 7) is 1.14. The minimum Gasteiger partial charge on any atom is -0.385 e. The standard InChI is InChI=1S/C12H15F3N2O/c1-17-6-3-11(18,4-7-17)10-8-16-5-2-9(10)12(13,14)15/h2,5,8,18H,3-4,6-7H2,1H3. The van der Waals surface area contributed by atoms with Gasteiger partial charge in [-0.2, -0.15) is 13.2 Å². The number of halogens is 3. The average molecular weight is 260 g/mol. The normalized spacial score (nSPS) is 20.9. The topological polar surface area (TPSA) is 36.4 Å². The Balaban J connectivity index is 2.39. The van der Waals surface area contributed by atoms with Gasteiger partial charge >= 0.3 is 6.18 Å². The molecular weight excluding hydrogens is 245 g/mol. The van der Waals surface area contributed by atoms with Crippen molar-refractivity contribution in [3.63, 3.8) is 0 Å². The maximum Gasteiger partial charge on any atom is 0.416 e. The molecule has 0 spiro atoms. The van der Waals surface area contributed by atoms with E-state index in [2.05, 4.69) is 4.98 Å². The van der Waals surface area contributed by atoms with Crippen molar-refractivity contribution in [2.45, 2.75) is 24.6 Å². The number of pyridine rings is 1. The minimum absolute atomic E-state index is 0.106. The van der Waals surface area contributed by atoms with E-state index in [9.17, 15) is 18.3 Å². The van der Waals surface area contributed by atoms with E-state index in [1.807, 2.05) is 11.9 Å². The fourth-order valence-corrected chi connectivity index (χ4v) is 2.27. The number of hydrogen-bond acceptors (Lipinski definition) is 3. The Hall–Kier alpha value is -1.14. The summed E-state index contributed by atoms with van der Waals surface area (Å²) in [6.07, 6.45) is -1.65. The maximum absolute atomic E-state index is 12.9. The zero-order valence-electron chi connectivity index (χ0n) is 10.0. The van der Waals surface area contributed by atoms with Gasteiger partial charge in [-0.25, -0.2) is 0 Å². The Morgan fingerprint density at radius 3 is 2.50 bits per heavy atom. The second-order valence-corrected chi connectivity index (χ2v) is 4.75. The number of alkyl halides is 3. The van der Waals surface area contributed by atoms with Gasteiger partial charge in [-0.1, -0.05) is 0 Å². The fraction of sp³-hybridized carbons (Fsp3) is 0.583. The first kappa shape index (κ1) is 13.3. The second-order valence-electron chi connectivity index (χ2n) is 4.75. The molecule has 1 aromatic heterocycles. The van der Waals surface area contributed by atoms with Crippen LogP contribution in [0.5, 0.6) is 0 Å². The third kappa shape index (κ3) is 2.49. The highest BCUT2D eigenvalue weighted by Gasteiger charge is 2.42. The molecule has 0 atom stereocenters. The molecular formula is C12H15F3N2O. The highest BCUT2D eigenvalue weighted by molar-refractivity contribution is 5.32. The number of nitrogens with zero attached hydrogens (tertiary/aromatic N) is 2. The van der Waals surface area contributed by atoms with Crippen LogP contribution in [-0.4, -0.2) is 35.1 Å². The van der Waals surface area contributed by atoms with Crippen molar-refractivity contribution in [3.8, 4) is 0 Å². The van der Waals surface area contributed by atoms with Crippen LogP contribution in [0.25, 0.3) is 0 Å². The van der Waals surface area contributed by atoms with Crippen molar-refractivity contribution >= 4 is 0 Å². The van der Waals surface area contributed by atoms with Crippen LogP contribution in [0.2, 0.25) is 0 Å². The molecule has 1 N–H and O–H groups in total. The molecule has 0 saturated carbocycles. The number of aliphatic hydroxyl groups is 1. The first-order chi connectivity index (χ1) is 8.33. The summed E-state index contributed by atoms with van der Waals surface area (Å²) in [4.78, 5) is 5.71. The van der Waals surface area contributed by atoms with Crippen molar-refractivity contribution < 1.29 is 18.3 Å². The van der Waals surface area contributed by atoms with E-state index in [1.165, 1.54) is 0 Å². The molecule has 1 aromatic rings. The van der Waals surface area contributed by atoms with Crippen molar-refractivity contribution in [2.75, 3.05) is 20.1 Å². The van der Waals surface area contributed by atoms with Crippen LogP contribution in [0.3, 0.4) is 0 Å². The number of likely N-dealkylation sites (tertiary alicyclic amines) is 1. The lowest BCUT2D eigenvalue weighted by Crippen LogP contribution is -2.41. The largest absolute Gasteiger partial charge is 0.416 e. The fourth-order valence-electron chi connectivity index (χ4n) is 2.27. The van der Waals surface area contributed by atoms with Crippen molar-refractivity contribution in [1.29, 1.82) is 0 Å². The van der Waals surface area contributed by atoms with Gasteiger partial charge < -0.3 is 10.0 Å². The summed E-state index contributed by atoms with van der Waals surface area (Å²) >= 11 is 0. The zero-order chi connectivity index (χ0) is 13.4. The Labute approximate surface area is 103 Å². The molecule has 0 unspecified atom stereocenters. The minimum atomic E-state index is -4.46. The van der Waals surface area contributed by atoms with Crippen LogP contribution in [0.1, 0.15) is 24.0 Å². The molecule has 0 radical (unpaired) electrons. The van der Waals surface area contributed by atoms with Crippen LogP contribution in [0, 0.1) is 0 Å². The molecule has 100 valence electrons. The summed E-state index contributed by atoms with van der Waals surface area (Å²) in [6, 6.07) is 0.922. The maximum atomic E-state index is 12.9. The van der Waals surface area contributed by atoms with E-state index in [-0.39, 0.29) is 18.4 Å². The SMILES string of the molecule is CN1CCC(O)(c2cnccc2C(F)(F)F)CC1. The van der Waals surface area contributed by atoms with Crippen LogP contribution in [0.15, 0.2) is 18.5 Å². The Bertz CT molecular complexity index is 426. The smallest absolute Gasteiger partial charge is 0.385 e. The summed E-state index contributed by atoms with van der Waals surface area (Å²) in [5, 5.41) is 10.4. The van der Waals surface area contributed by atoms with E-state index in [1.54, 1.807) is 0 Å². The molecule has 3 nitrogen and oxygen atoms in total. The first-order valence-electron chi connectivity index (χ1n) is 5.75. The van der Waals surface area contributed by atoms with Gasteiger partial charge in [0.2, 0.25) is 0 Å². The second kappa shape index (κ2) is 4.51. The summed E-state index contributed by atoms with van der Waals surface area (Å²) in [5.74, 6) is 0. The van der Waals surface area contributed by atoms with Crippen molar-refractivity contribution in [2.24, 2.45) is 0 Å². The summed E-state index contributed by atoms with van der Waals surface area (Å²) in [7, 11) is 1.88. The molecule has 2 rings (SSSR count). The van der Waals surface area contributed by atoms with Gasteiger partial charge in [0.1, 0.15) is 0 Å². The molecule has 1 fully saturated rings. The number of rotatable bonds is 1. The molecule has 18 heavy (non-hydrogen) atoms. The van der Waals surface area contributed by atoms with E-state index >= 15 is 0 Å². The highest BCUT2D eigenvalue weighted by Crippen LogP contribution is 2.40. The Kier molecular flexibility index (Phi) is 3.33. The van der Waals surface area contributed by atoms with Crippen LogP contribution < -0.4 is 0 Å². The van der Waals surface area contributed by atoms with Gasteiger partial charge in [-0.3, -0.25) is 4.98 Å². The third-order valence-electron chi connectivity index (χ3n) is 3.44. The quantitative estimate of drug-likeness (QED) is 0.839. The summed E-state index contributed by atoms with van der Waals surface area (Å²) in [5.41, 5.74) is -2.32. The molecule has 0 aromatic carbocycles. The van der Waals surface area contributed by atoms with Crippen molar-refractivity contribution in [1.82, 2.24) is 9.88 Å². The highest BCUT2D eigenvalue weighted by atomic mass is 19.4. The van der Waals surface area contributed by atoms with Gasteiger partial charge in [0.15, 0.2) is 0 Å². The molecule has 0 bridgehead atoms. The molecule has 2 heterocycles. The monoisotopic (exact) mass is 260 g/mol. The molecule has 1 aliphatic heterocycles. The Morgan fingerprint density at radius 1 is 1.33 bits per heavy atom. The lowest BCUT2D eigenvalue weighted by molar-refractivity contribution is -0.141.